The lowest BCUT2D eigenvalue weighted by atomic mass is 9.97. The zero-order valence-electron chi connectivity index (χ0n) is 16.2. The number of benzene rings is 3. The molecule has 0 aromatic heterocycles. The van der Waals surface area contributed by atoms with E-state index in [2.05, 4.69) is 27.3 Å². The van der Waals surface area contributed by atoms with Crippen molar-refractivity contribution in [2.75, 3.05) is 5.32 Å². The molecule has 1 heterocycles. The Balaban J connectivity index is 0.000000589. The average Bonchev–Trinajstić information content (AvgIpc) is 2.68. The minimum Gasteiger partial charge on any atom is -0.321 e. The smallest absolute Gasteiger partial charge is 0.257 e. The summed E-state index contributed by atoms with van der Waals surface area (Å²) in [5.74, 6) is -0.132. The largest absolute Gasteiger partial charge is 0.321 e. The predicted octanol–water partition coefficient (Wildman–Crippen LogP) is 7.79. The van der Waals surface area contributed by atoms with E-state index < -0.39 is 4.30 Å². The molecule has 3 aromatic rings. The molecule has 4 rings (SSSR count). The molecule has 30 heavy (non-hydrogen) atoms. The molecule has 7 heteroatoms. The molecule has 3 nitrogen and oxygen atoms in total. The number of carbonyl (C=O) groups excluding carboxylic acids is 1. The normalized spacial score (nSPS) is 12.5. The summed E-state index contributed by atoms with van der Waals surface area (Å²) in [5, 5.41) is 3.06. The quantitative estimate of drug-likeness (QED) is 0.324. The van der Waals surface area contributed by atoms with Crippen LogP contribution in [-0.4, -0.2) is 15.9 Å². The Morgan fingerprint density at radius 3 is 2.07 bits per heavy atom. The van der Waals surface area contributed by atoms with E-state index in [1.807, 2.05) is 68.4 Å². The second-order valence-corrected chi connectivity index (χ2v) is 9.63. The molecule has 1 N–H and O–H groups in total. The van der Waals surface area contributed by atoms with Gasteiger partial charge in [0.15, 0.2) is 4.30 Å². The number of halogens is 4. The second kappa shape index (κ2) is 9.97. The highest BCUT2D eigenvalue weighted by Crippen LogP contribution is 2.31. The Bertz CT molecular complexity index is 1110. The Morgan fingerprint density at radius 2 is 1.43 bits per heavy atom. The van der Waals surface area contributed by atoms with Gasteiger partial charge in [-0.15, -0.1) is 0 Å². The molecule has 1 aliphatic rings. The summed E-state index contributed by atoms with van der Waals surface area (Å²) < 4.78 is 0.265. The zero-order chi connectivity index (χ0) is 21.8. The highest BCUT2D eigenvalue weighted by atomic mass is 79.9. The number of aryl methyl sites for hydroxylation is 2. The summed E-state index contributed by atoms with van der Waals surface area (Å²) in [6.07, 6.45) is 0. The number of hydrogen-bond donors (Lipinski definition) is 1. The molecule has 154 valence electrons. The van der Waals surface area contributed by atoms with Gasteiger partial charge in [0.25, 0.3) is 5.91 Å². The molecular formula is C23H18BrCl3N2O. The van der Waals surface area contributed by atoms with Gasteiger partial charge in [-0.25, -0.2) is 4.99 Å². The molecule has 0 aliphatic carbocycles. The van der Waals surface area contributed by atoms with Gasteiger partial charge in [0, 0.05) is 15.6 Å². The van der Waals surface area contributed by atoms with Crippen molar-refractivity contribution >= 4 is 73.7 Å². The summed E-state index contributed by atoms with van der Waals surface area (Å²) in [5.41, 5.74) is 6.96. The Morgan fingerprint density at radius 1 is 0.867 bits per heavy atom. The highest BCUT2D eigenvalue weighted by Gasteiger charge is 2.21. The van der Waals surface area contributed by atoms with E-state index in [0.29, 0.717) is 11.3 Å². The van der Waals surface area contributed by atoms with Crippen molar-refractivity contribution in [3.05, 3.63) is 93.0 Å². The molecule has 1 amide bonds. The van der Waals surface area contributed by atoms with E-state index in [9.17, 15) is 4.79 Å². The SMILES string of the molecule is Cc1ccc2c(c1)C(=O)Nc1ccc(C)cc1C(c1ccc(Br)cc1)=N2.ClC(Cl)Cl. The van der Waals surface area contributed by atoms with Crippen LogP contribution in [0.4, 0.5) is 11.4 Å². The summed E-state index contributed by atoms with van der Waals surface area (Å²) in [6.45, 7) is 4.01. The molecule has 0 radical (unpaired) electrons. The fourth-order valence-corrected chi connectivity index (χ4v) is 3.35. The number of nitrogens with one attached hydrogen (secondary N) is 1. The van der Waals surface area contributed by atoms with Crippen molar-refractivity contribution in [2.45, 2.75) is 18.1 Å². The van der Waals surface area contributed by atoms with Crippen LogP contribution in [0.25, 0.3) is 0 Å². The summed E-state index contributed by atoms with van der Waals surface area (Å²) in [7, 11) is 0. The average molecular weight is 525 g/mol. The molecule has 0 fully saturated rings. The van der Waals surface area contributed by atoms with Gasteiger partial charge in [-0.2, -0.15) is 0 Å². The maximum absolute atomic E-state index is 12.8. The number of hydrogen-bond acceptors (Lipinski definition) is 2. The van der Waals surface area contributed by atoms with Gasteiger partial charge < -0.3 is 5.32 Å². The lowest BCUT2D eigenvalue weighted by molar-refractivity contribution is 0.102. The molecule has 0 unspecified atom stereocenters. The van der Waals surface area contributed by atoms with Crippen LogP contribution in [-0.2, 0) is 0 Å². The third-order valence-corrected chi connectivity index (χ3v) is 4.95. The van der Waals surface area contributed by atoms with Gasteiger partial charge in [-0.3, -0.25) is 4.79 Å². The summed E-state index contributed by atoms with van der Waals surface area (Å²) in [6, 6.07) is 19.8. The van der Waals surface area contributed by atoms with Crippen LogP contribution in [0.2, 0.25) is 0 Å². The van der Waals surface area contributed by atoms with E-state index in [1.54, 1.807) is 0 Å². The predicted molar refractivity (Wildman–Crippen MR) is 131 cm³/mol. The van der Waals surface area contributed by atoms with Crippen molar-refractivity contribution in [1.29, 1.82) is 0 Å². The zero-order valence-corrected chi connectivity index (χ0v) is 20.1. The van der Waals surface area contributed by atoms with Gasteiger partial charge in [0.05, 0.1) is 22.6 Å². The van der Waals surface area contributed by atoms with Crippen LogP contribution in [0.1, 0.15) is 32.6 Å². The number of anilines is 1. The van der Waals surface area contributed by atoms with Crippen LogP contribution in [0.3, 0.4) is 0 Å². The third-order valence-electron chi connectivity index (χ3n) is 4.42. The van der Waals surface area contributed by atoms with E-state index in [-0.39, 0.29) is 5.91 Å². The van der Waals surface area contributed by atoms with Crippen LogP contribution in [0, 0.1) is 13.8 Å². The fourth-order valence-electron chi connectivity index (χ4n) is 3.09. The first-order chi connectivity index (χ1) is 14.2. The number of rotatable bonds is 1. The van der Waals surface area contributed by atoms with Crippen LogP contribution < -0.4 is 5.32 Å². The summed E-state index contributed by atoms with van der Waals surface area (Å²) in [4.78, 5) is 17.7. The molecule has 0 saturated carbocycles. The number of aliphatic imine (C=N–C) groups is 1. The van der Waals surface area contributed by atoms with Crippen molar-refractivity contribution < 1.29 is 4.79 Å². The molecule has 0 saturated heterocycles. The highest BCUT2D eigenvalue weighted by molar-refractivity contribution is 9.10. The molecule has 3 aromatic carbocycles. The van der Waals surface area contributed by atoms with Crippen molar-refractivity contribution in [3.8, 4) is 0 Å². The first kappa shape index (κ1) is 22.8. The van der Waals surface area contributed by atoms with Crippen LogP contribution in [0.15, 0.2) is 70.1 Å². The maximum atomic E-state index is 12.8. The summed E-state index contributed by atoms with van der Waals surface area (Å²) >= 11 is 17.9. The molecule has 1 aliphatic heterocycles. The van der Waals surface area contributed by atoms with Gasteiger partial charge in [-0.05, 0) is 50.2 Å². The van der Waals surface area contributed by atoms with E-state index in [1.165, 1.54) is 0 Å². The monoisotopic (exact) mass is 522 g/mol. The number of fused-ring (bicyclic) bond motifs is 2. The standard InChI is InChI=1S/C22H17BrN2O.CHCl3/c1-13-3-9-19-17(11-13)21(15-5-7-16(23)8-6-15)24-20-10-4-14(2)12-18(20)22(26)25-19;2-1(3)4/h3-12H,1-2H3,(H,25,26);1H. The Labute approximate surface area is 199 Å². The number of carbonyl (C=O) groups is 1. The Kier molecular flexibility index (Phi) is 7.59. The van der Waals surface area contributed by atoms with Crippen molar-refractivity contribution in [3.63, 3.8) is 0 Å². The van der Waals surface area contributed by atoms with Crippen molar-refractivity contribution in [1.82, 2.24) is 0 Å². The first-order valence-electron chi connectivity index (χ1n) is 9.04. The molecule has 0 atom stereocenters. The van der Waals surface area contributed by atoms with E-state index in [0.717, 1.165) is 38.1 Å². The minimum absolute atomic E-state index is 0.132. The maximum Gasteiger partial charge on any atom is 0.257 e. The minimum atomic E-state index is -0.750. The van der Waals surface area contributed by atoms with E-state index in [4.69, 9.17) is 39.8 Å². The lowest BCUT2D eigenvalue weighted by Crippen LogP contribution is -2.18. The first-order valence-corrected chi connectivity index (χ1v) is 11.1. The van der Waals surface area contributed by atoms with E-state index >= 15 is 0 Å². The van der Waals surface area contributed by atoms with Crippen molar-refractivity contribution in [2.24, 2.45) is 4.99 Å². The number of amides is 1. The Hall–Kier alpha value is -1.85. The fraction of sp³-hybridized carbons (Fsp3) is 0.130. The van der Waals surface area contributed by atoms with Crippen LogP contribution in [0.5, 0.6) is 0 Å². The second-order valence-electron chi connectivity index (χ2n) is 6.74. The van der Waals surface area contributed by atoms with Gasteiger partial charge in [0.2, 0.25) is 0 Å². The number of nitrogens with zero attached hydrogens (tertiary/aromatic N) is 1. The topological polar surface area (TPSA) is 41.5 Å². The third kappa shape index (κ3) is 5.64. The molecule has 0 bridgehead atoms. The molecular weight excluding hydrogens is 507 g/mol. The lowest BCUT2D eigenvalue weighted by Gasteiger charge is -2.19. The molecule has 0 spiro atoms. The van der Waals surface area contributed by atoms with Crippen LogP contribution >= 0.6 is 50.7 Å². The number of alkyl halides is 3. The van der Waals surface area contributed by atoms with Gasteiger partial charge in [0.1, 0.15) is 0 Å². The van der Waals surface area contributed by atoms with Gasteiger partial charge >= 0.3 is 0 Å². The van der Waals surface area contributed by atoms with Gasteiger partial charge in [-0.1, -0.05) is 86.1 Å².